The van der Waals surface area contributed by atoms with Crippen molar-refractivity contribution in [3.05, 3.63) is 41.5 Å². The highest BCUT2D eigenvalue weighted by molar-refractivity contribution is 5.80. The summed E-state index contributed by atoms with van der Waals surface area (Å²) in [5, 5.41) is 0. The molecule has 2 heteroatoms. The molecule has 17 heavy (non-hydrogen) atoms. The van der Waals surface area contributed by atoms with Crippen molar-refractivity contribution in [3.63, 3.8) is 0 Å². The first-order chi connectivity index (χ1) is 8.20. The maximum absolute atomic E-state index is 11.6. The summed E-state index contributed by atoms with van der Waals surface area (Å²) in [6.45, 7) is 4.40. The van der Waals surface area contributed by atoms with Gasteiger partial charge in [0.25, 0.3) is 0 Å². The van der Waals surface area contributed by atoms with E-state index in [0.29, 0.717) is 6.61 Å². The SMILES string of the molecule is CCOC(=O)C1CC=C(c2cccc(C)c2)C1. The van der Waals surface area contributed by atoms with Crippen LogP contribution in [0, 0.1) is 12.8 Å². The predicted octanol–water partition coefficient (Wildman–Crippen LogP) is 3.35. The van der Waals surface area contributed by atoms with Crippen molar-refractivity contribution in [3.8, 4) is 0 Å². The van der Waals surface area contributed by atoms with Crippen LogP contribution in [0.25, 0.3) is 5.57 Å². The molecule has 0 bridgehead atoms. The van der Waals surface area contributed by atoms with Crippen LogP contribution in [0.15, 0.2) is 30.3 Å². The molecule has 0 N–H and O–H groups in total. The van der Waals surface area contributed by atoms with E-state index in [4.69, 9.17) is 4.74 Å². The van der Waals surface area contributed by atoms with Crippen LogP contribution in [0.2, 0.25) is 0 Å². The summed E-state index contributed by atoms with van der Waals surface area (Å²) in [6.07, 6.45) is 3.78. The second kappa shape index (κ2) is 5.17. The third kappa shape index (κ3) is 2.76. The summed E-state index contributed by atoms with van der Waals surface area (Å²) in [4.78, 5) is 11.6. The van der Waals surface area contributed by atoms with Gasteiger partial charge < -0.3 is 4.74 Å². The molecular weight excluding hydrogens is 212 g/mol. The number of hydrogen-bond acceptors (Lipinski definition) is 2. The van der Waals surface area contributed by atoms with Crippen LogP contribution in [-0.4, -0.2) is 12.6 Å². The Hall–Kier alpha value is -1.57. The lowest BCUT2D eigenvalue weighted by Crippen LogP contribution is -2.14. The average Bonchev–Trinajstić information content (AvgIpc) is 2.78. The van der Waals surface area contributed by atoms with Gasteiger partial charge in [-0.3, -0.25) is 4.79 Å². The molecule has 0 aliphatic heterocycles. The van der Waals surface area contributed by atoms with E-state index in [1.807, 2.05) is 6.92 Å². The van der Waals surface area contributed by atoms with Gasteiger partial charge in [-0.25, -0.2) is 0 Å². The standard InChI is InChI=1S/C15H18O2/c1-3-17-15(16)14-8-7-13(10-14)12-6-4-5-11(2)9-12/h4-7,9,14H,3,8,10H2,1-2H3. The van der Waals surface area contributed by atoms with Gasteiger partial charge in [-0.05, 0) is 37.8 Å². The summed E-state index contributed by atoms with van der Waals surface area (Å²) in [5.74, 6) is -0.0446. The molecule has 1 aromatic rings. The van der Waals surface area contributed by atoms with E-state index >= 15 is 0 Å². The Morgan fingerprint density at radius 2 is 2.29 bits per heavy atom. The molecule has 0 radical (unpaired) electrons. The lowest BCUT2D eigenvalue weighted by Gasteiger charge is -2.09. The highest BCUT2D eigenvalue weighted by Gasteiger charge is 2.25. The van der Waals surface area contributed by atoms with Crippen LogP contribution in [0.1, 0.15) is 30.9 Å². The van der Waals surface area contributed by atoms with Crippen LogP contribution in [0.5, 0.6) is 0 Å². The first-order valence-electron chi connectivity index (χ1n) is 6.13. The fourth-order valence-electron chi connectivity index (χ4n) is 2.24. The molecule has 0 fully saturated rings. The molecular formula is C15H18O2. The molecule has 1 unspecified atom stereocenters. The second-order valence-corrected chi connectivity index (χ2v) is 4.49. The molecule has 0 saturated heterocycles. The van der Waals surface area contributed by atoms with E-state index in [9.17, 15) is 4.79 Å². The Kier molecular flexibility index (Phi) is 3.62. The average molecular weight is 230 g/mol. The van der Waals surface area contributed by atoms with E-state index in [1.165, 1.54) is 16.7 Å². The maximum atomic E-state index is 11.6. The Bertz CT molecular complexity index is 446. The topological polar surface area (TPSA) is 26.3 Å². The number of rotatable bonds is 3. The molecule has 0 saturated carbocycles. The van der Waals surface area contributed by atoms with Gasteiger partial charge in [0.05, 0.1) is 12.5 Å². The number of aryl methyl sites for hydroxylation is 1. The van der Waals surface area contributed by atoms with Crippen LogP contribution in [0.3, 0.4) is 0 Å². The van der Waals surface area contributed by atoms with Gasteiger partial charge in [-0.2, -0.15) is 0 Å². The van der Waals surface area contributed by atoms with Crippen molar-refractivity contribution in [2.24, 2.45) is 5.92 Å². The van der Waals surface area contributed by atoms with E-state index in [0.717, 1.165) is 12.8 Å². The third-order valence-corrected chi connectivity index (χ3v) is 3.12. The predicted molar refractivity (Wildman–Crippen MR) is 68.5 cm³/mol. The number of benzene rings is 1. The highest BCUT2D eigenvalue weighted by atomic mass is 16.5. The molecule has 90 valence electrons. The minimum atomic E-state index is -0.0635. The Morgan fingerprint density at radius 1 is 1.47 bits per heavy atom. The van der Waals surface area contributed by atoms with Crippen molar-refractivity contribution in [1.82, 2.24) is 0 Å². The van der Waals surface area contributed by atoms with Crippen molar-refractivity contribution in [2.75, 3.05) is 6.61 Å². The van der Waals surface area contributed by atoms with Crippen LogP contribution < -0.4 is 0 Å². The Balaban J connectivity index is 2.05. The molecule has 1 aromatic carbocycles. The highest BCUT2D eigenvalue weighted by Crippen LogP contribution is 2.33. The molecule has 0 heterocycles. The second-order valence-electron chi connectivity index (χ2n) is 4.49. The molecule has 0 amide bonds. The summed E-state index contributed by atoms with van der Waals surface area (Å²) >= 11 is 0. The fraction of sp³-hybridized carbons (Fsp3) is 0.400. The normalized spacial score (nSPS) is 18.9. The molecule has 0 aromatic heterocycles. The first-order valence-corrected chi connectivity index (χ1v) is 6.13. The molecule has 1 atom stereocenters. The zero-order valence-corrected chi connectivity index (χ0v) is 10.4. The monoisotopic (exact) mass is 230 g/mol. The van der Waals surface area contributed by atoms with Crippen molar-refractivity contribution < 1.29 is 9.53 Å². The quantitative estimate of drug-likeness (QED) is 0.744. The largest absolute Gasteiger partial charge is 0.466 e. The van der Waals surface area contributed by atoms with Crippen molar-refractivity contribution in [1.29, 1.82) is 0 Å². The number of ether oxygens (including phenoxy) is 1. The van der Waals surface area contributed by atoms with Gasteiger partial charge >= 0.3 is 5.97 Å². The van der Waals surface area contributed by atoms with Gasteiger partial charge in [0, 0.05) is 0 Å². The molecule has 2 nitrogen and oxygen atoms in total. The Morgan fingerprint density at radius 3 is 3.00 bits per heavy atom. The minimum Gasteiger partial charge on any atom is -0.466 e. The van der Waals surface area contributed by atoms with Gasteiger partial charge in [0.15, 0.2) is 0 Å². The first kappa shape index (κ1) is 11.9. The lowest BCUT2D eigenvalue weighted by molar-refractivity contribution is -0.147. The molecule has 0 spiro atoms. The Labute approximate surface area is 102 Å². The fourth-order valence-corrected chi connectivity index (χ4v) is 2.24. The van der Waals surface area contributed by atoms with E-state index in [1.54, 1.807) is 0 Å². The lowest BCUT2D eigenvalue weighted by atomic mass is 10.00. The van der Waals surface area contributed by atoms with Crippen molar-refractivity contribution >= 4 is 11.5 Å². The van der Waals surface area contributed by atoms with E-state index < -0.39 is 0 Å². The smallest absolute Gasteiger partial charge is 0.309 e. The summed E-state index contributed by atoms with van der Waals surface area (Å²) in [7, 11) is 0. The van der Waals surface area contributed by atoms with Crippen molar-refractivity contribution in [2.45, 2.75) is 26.7 Å². The van der Waals surface area contributed by atoms with Gasteiger partial charge in [0.1, 0.15) is 0 Å². The van der Waals surface area contributed by atoms with Gasteiger partial charge in [-0.15, -0.1) is 0 Å². The molecule has 2 rings (SSSR count). The zero-order chi connectivity index (χ0) is 12.3. The van der Waals surface area contributed by atoms with Gasteiger partial charge in [0.2, 0.25) is 0 Å². The van der Waals surface area contributed by atoms with E-state index in [2.05, 4.69) is 37.3 Å². The van der Waals surface area contributed by atoms with Crippen LogP contribution in [-0.2, 0) is 9.53 Å². The number of carbonyl (C=O) groups is 1. The third-order valence-electron chi connectivity index (χ3n) is 3.12. The van der Waals surface area contributed by atoms with Crippen LogP contribution in [0.4, 0.5) is 0 Å². The molecule has 1 aliphatic rings. The maximum Gasteiger partial charge on any atom is 0.309 e. The van der Waals surface area contributed by atoms with E-state index in [-0.39, 0.29) is 11.9 Å². The number of allylic oxidation sites excluding steroid dienone is 2. The summed E-state index contributed by atoms with van der Waals surface area (Å²) in [6, 6.07) is 8.41. The summed E-state index contributed by atoms with van der Waals surface area (Å²) < 4.78 is 5.06. The molecule has 1 aliphatic carbocycles. The number of hydrogen-bond donors (Lipinski definition) is 0. The zero-order valence-electron chi connectivity index (χ0n) is 10.4. The minimum absolute atomic E-state index is 0.0189. The number of esters is 1. The number of carbonyl (C=O) groups excluding carboxylic acids is 1. The van der Waals surface area contributed by atoms with Gasteiger partial charge in [-0.1, -0.05) is 35.9 Å². The van der Waals surface area contributed by atoms with Crippen LogP contribution >= 0.6 is 0 Å². The summed E-state index contributed by atoms with van der Waals surface area (Å²) in [5.41, 5.74) is 3.76.